The highest BCUT2D eigenvalue weighted by atomic mass is 19.4. The Bertz CT molecular complexity index is 864. The van der Waals surface area contributed by atoms with Gasteiger partial charge in [-0.3, -0.25) is 9.69 Å². The molecule has 6 nitrogen and oxygen atoms in total. The summed E-state index contributed by atoms with van der Waals surface area (Å²) in [6.07, 6.45) is -5.24. The minimum atomic E-state index is -5.24. The van der Waals surface area contributed by atoms with Crippen LogP contribution in [0, 0.1) is 0 Å². The molecule has 1 amide bonds. The lowest BCUT2D eigenvalue weighted by Crippen LogP contribution is -2.48. The Morgan fingerprint density at radius 3 is 2.00 bits per heavy atom. The van der Waals surface area contributed by atoms with E-state index in [0.717, 1.165) is 7.11 Å². The van der Waals surface area contributed by atoms with Crippen LogP contribution in [0.25, 0.3) is 5.53 Å². The maximum Gasteiger partial charge on any atom is 0.471 e. The van der Waals surface area contributed by atoms with Gasteiger partial charge in [-0.05, 0) is 17.7 Å². The van der Waals surface area contributed by atoms with Crippen molar-refractivity contribution >= 4 is 23.3 Å². The molecule has 9 heteroatoms. The molecule has 0 aliphatic heterocycles. The quantitative estimate of drug-likeness (QED) is 0.347. The number of nitrogens with zero attached hydrogens (tertiary/aromatic N) is 3. The third-order valence-corrected chi connectivity index (χ3v) is 3.63. The van der Waals surface area contributed by atoms with Crippen molar-refractivity contribution in [3.05, 3.63) is 71.8 Å². The molecule has 0 aromatic heterocycles. The summed E-state index contributed by atoms with van der Waals surface area (Å²) in [5.41, 5.74) is 8.52. The molecule has 0 bridgehead atoms. The molecule has 0 radical (unpaired) electrons. The number of amides is 1. The summed E-state index contributed by atoms with van der Waals surface area (Å²) in [4.78, 5) is 27.4. The molecular formula is C18H14F3N3O3. The van der Waals surface area contributed by atoms with Gasteiger partial charge in [-0.1, -0.05) is 48.5 Å². The Morgan fingerprint density at radius 1 is 1.04 bits per heavy atom. The highest BCUT2D eigenvalue weighted by Gasteiger charge is 2.50. The molecule has 2 rings (SSSR count). The molecule has 0 saturated heterocycles. The van der Waals surface area contributed by atoms with Gasteiger partial charge in [-0.25, -0.2) is 4.79 Å². The number of alkyl halides is 3. The van der Waals surface area contributed by atoms with Gasteiger partial charge >= 0.3 is 23.8 Å². The predicted molar refractivity (Wildman–Crippen MR) is 89.8 cm³/mol. The first kappa shape index (κ1) is 19.9. The van der Waals surface area contributed by atoms with E-state index in [1.807, 2.05) is 0 Å². The van der Waals surface area contributed by atoms with Crippen molar-refractivity contribution in [3.63, 3.8) is 0 Å². The minimum Gasteiger partial charge on any atom is -0.460 e. The van der Waals surface area contributed by atoms with Gasteiger partial charge in [-0.2, -0.15) is 18.0 Å². The number of hydrogen-bond acceptors (Lipinski definition) is 3. The maximum absolute atomic E-state index is 13.3. The molecule has 0 saturated carbocycles. The second-order valence-corrected chi connectivity index (χ2v) is 5.30. The van der Waals surface area contributed by atoms with Gasteiger partial charge in [0.1, 0.15) is 0 Å². The third-order valence-electron chi connectivity index (χ3n) is 3.63. The summed E-state index contributed by atoms with van der Waals surface area (Å²) in [5.74, 6) is -3.41. The van der Waals surface area contributed by atoms with Crippen LogP contribution in [0.2, 0.25) is 0 Å². The summed E-state index contributed by atoms with van der Waals surface area (Å²) >= 11 is 0. The van der Waals surface area contributed by atoms with E-state index >= 15 is 0 Å². The van der Waals surface area contributed by atoms with E-state index in [-0.39, 0.29) is 11.3 Å². The lowest BCUT2D eigenvalue weighted by atomic mass is 9.99. The number of methoxy groups -OCH3 is 1. The number of ether oxygens (including phenoxy) is 1. The predicted octanol–water partition coefficient (Wildman–Crippen LogP) is 3.17. The van der Waals surface area contributed by atoms with Crippen molar-refractivity contribution in [1.82, 2.24) is 0 Å². The topological polar surface area (TPSA) is 83.0 Å². The van der Waals surface area contributed by atoms with E-state index in [0.29, 0.717) is 4.90 Å². The van der Waals surface area contributed by atoms with E-state index in [4.69, 9.17) is 0 Å². The van der Waals surface area contributed by atoms with Gasteiger partial charge in [-0.15, -0.1) is 0 Å². The Morgan fingerprint density at radius 2 is 1.56 bits per heavy atom. The largest absolute Gasteiger partial charge is 0.471 e. The van der Waals surface area contributed by atoms with E-state index in [2.05, 4.69) is 9.53 Å². The number of hydrogen-bond donors (Lipinski definition) is 0. The number of carbonyl (C=O) groups is 2. The first-order valence-electron chi connectivity index (χ1n) is 7.62. The van der Waals surface area contributed by atoms with Gasteiger partial charge in [0.25, 0.3) is 0 Å². The number of rotatable bonds is 5. The standard InChI is InChI=1S/C18H14F3N3O3/c1-27-16(25)14(23-22)15(12-8-4-2-5-9-12)24(17(26)18(19,20)21)13-10-6-3-7-11-13/h2-11,15H,1H3. The minimum absolute atomic E-state index is 0.122. The summed E-state index contributed by atoms with van der Waals surface area (Å²) < 4.78 is 44.4. The molecule has 140 valence electrons. The molecule has 0 aliphatic carbocycles. The van der Waals surface area contributed by atoms with E-state index in [1.54, 1.807) is 12.1 Å². The highest BCUT2D eigenvalue weighted by molar-refractivity contribution is 6.37. The van der Waals surface area contributed by atoms with Crippen molar-refractivity contribution in [2.75, 3.05) is 12.0 Å². The number of anilines is 1. The summed E-state index contributed by atoms with van der Waals surface area (Å²) in [5, 5.41) is 0. The fraction of sp³-hybridized carbons (Fsp3) is 0.167. The molecule has 0 N–H and O–H groups in total. The van der Waals surface area contributed by atoms with Crippen LogP contribution in [0.3, 0.4) is 0 Å². The first-order valence-corrected chi connectivity index (χ1v) is 7.62. The molecule has 2 aromatic carbocycles. The smallest absolute Gasteiger partial charge is 0.460 e. The Kier molecular flexibility index (Phi) is 6.10. The van der Waals surface area contributed by atoms with Crippen molar-refractivity contribution in [2.24, 2.45) is 0 Å². The van der Waals surface area contributed by atoms with Crippen LogP contribution in [0.4, 0.5) is 18.9 Å². The first-order chi connectivity index (χ1) is 12.8. The van der Waals surface area contributed by atoms with Crippen LogP contribution in [0.5, 0.6) is 0 Å². The number of benzene rings is 2. The Balaban J connectivity index is 2.76. The van der Waals surface area contributed by atoms with Gasteiger partial charge in [0.2, 0.25) is 0 Å². The molecule has 27 heavy (non-hydrogen) atoms. The molecular weight excluding hydrogens is 363 g/mol. The van der Waals surface area contributed by atoms with E-state index in [1.165, 1.54) is 48.5 Å². The maximum atomic E-state index is 13.3. The van der Waals surface area contributed by atoms with Crippen LogP contribution in [-0.2, 0) is 14.3 Å². The lowest BCUT2D eigenvalue weighted by Gasteiger charge is -2.29. The average Bonchev–Trinajstić information content (AvgIpc) is 2.68. The van der Waals surface area contributed by atoms with Crippen LogP contribution < -0.4 is 4.90 Å². The Hall–Kier alpha value is -3.45. The number of carbonyl (C=O) groups excluding carboxylic acids is 2. The van der Waals surface area contributed by atoms with Crippen molar-refractivity contribution in [2.45, 2.75) is 12.2 Å². The van der Waals surface area contributed by atoms with Crippen LogP contribution >= 0.6 is 0 Å². The zero-order chi connectivity index (χ0) is 20.0. The van der Waals surface area contributed by atoms with Gasteiger partial charge in [0.05, 0.1) is 7.11 Å². The van der Waals surface area contributed by atoms with Gasteiger partial charge < -0.3 is 10.3 Å². The molecule has 1 atom stereocenters. The molecule has 0 fully saturated rings. The molecule has 1 unspecified atom stereocenters. The fourth-order valence-corrected chi connectivity index (χ4v) is 2.49. The number of halogens is 3. The second-order valence-electron chi connectivity index (χ2n) is 5.30. The SMILES string of the molecule is COC(=O)C(=[N+]=[N-])C(c1ccccc1)N(C(=O)C(F)(F)F)c1ccccc1. The summed E-state index contributed by atoms with van der Waals surface area (Å²) in [7, 11) is 0.980. The highest BCUT2D eigenvalue weighted by Crippen LogP contribution is 2.33. The van der Waals surface area contributed by atoms with E-state index < -0.39 is 29.8 Å². The number of esters is 1. The zero-order valence-electron chi connectivity index (χ0n) is 14.1. The van der Waals surface area contributed by atoms with Crippen LogP contribution in [0.15, 0.2) is 60.7 Å². The molecule has 0 heterocycles. The van der Waals surface area contributed by atoms with Gasteiger partial charge in [0, 0.05) is 5.69 Å². The summed E-state index contributed by atoms with van der Waals surface area (Å²) in [6.45, 7) is 0. The molecule has 2 aromatic rings. The normalized spacial score (nSPS) is 11.9. The zero-order valence-corrected chi connectivity index (χ0v) is 14.1. The van der Waals surface area contributed by atoms with Crippen LogP contribution in [0.1, 0.15) is 11.6 Å². The van der Waals surface area contributed by atoms with E-state index in [9.17, 15) is 28.3 Å². The monoisotopic (exact) mass is 377 g/mol. The van der Waals surface area contributed by atoms with Crippen molar-refractivity contribution < 1.29 is 32.3 Å². The van der Waals surface area contributed by atoms with Gasteiger partial charge in [0.15, 0.2) is 6.04 Å². The second kappa shape index (κ2) is 8.29. The van der Waals surface area contributed by atoms with Crippen molar-refractivity contribution in [3.8, 4) is 0 Å². The summed E-state index contributed by atoms with van der Waals surface area (Å²) in [6, 6.07) is 12.7. The fourth-order valence-electron chi connectivity index (χ4n) is 2.49. The third kappa shape index (κ3) is 4.39. The lowest BCUT2D eigenvalue weighted by molar-refractivity contribution is -0.171. The van der Waals surface area contributed by atoms with Crippen LogP contribution in [-0.4, -0.2) is 35.7 Å². The van der Waals surface area contributed by atoms with Crippen molar-refractivity contribution in [1.29, 1.82) is 0 Å². The molecule has 0 aliphatic rings. The Labute approximate surface area is 152 Å². The average molecular weight is 377 g/mol. The number of para-hydroxylation sites is 1. The molecule has 0 spiro atoms.